The van der Waals surface area contributed by atoms with Crippen LogP contribution in [0.25, 0.3) is 16.6 Å². The zero-order chi connectivity index (χ0) is 25.6. The molecule has 5 heterocycles. The quantitative estimate of drug-likeness (QED) is 0.347. The fourth-order valence-corrected chi connectivity index (χ4v) is 6.58. The van der Waals surface area contributed by atoms with Crippen molar-refractivity contribution in [3.8, 4) is 11.1 Å². The van der Waals surface area contributed by atoms with Crippen LogP contribution < -0.4 is 25.6 Å². The second kappa shape index (κ2) is 9.05. The molecule has 0 amide bonds. The van der Waals surface area contributed by atoms with Gasteiger partial charge in [0.15, 0.2) is 14.1 Å². The van der Waals surface area contributed by atoms with Crippen LogP contribution in [0.3, 0.4) is 0 Å². The van der Waals surface area contributed by atoms with Crippen molar-refractivity contribution in [3.63, 3.8) is 0 Å². The molecule has 10 nitrogen and oxygen atoms in total. The highest BCUT2D eigenvalue weighted by Gasteiger charge is 2.29. The van der Waals surface area contributed by atoms with Gasteiger partial charge in [-0.3, -0.25) is 4.68 Å². The summed E-state index contributed by atoms with van der Waals surface area (Å²) in [5, 5.41) is 17.2. The van der Waals surface area contributed by atoms with Gasteiger partial charge in [-0.15, -0.1) is 0 Å². The van der Waals surface area contributed by atoms with E-state index in [1.54, 1.807) is 23.1 Å². The third-order valence-electron chi connectivity index (χ3n) is 6.97. The molecule has 37 heavy (non-hydrogen) atoms. The minimum atomic E-state index is -2.49. The highest BCUT2D eigenvalue weighted by molar-refractivity contribution is 6.98. The summed E-state index contributed by atoms with van der Waals surface area (Å²) in [6.45, 7) is 5.11. The van der Waals surface area contributed by atoms with E-state index in [0.717, 1.165) is 59.0 Å². The zero-order valence-corrected chi connectivity index (χ0v) is 21.7. The maximum Gasteiger partial charge on any atom is 0.225 e. The van der Waals surface area contributed by atoms with Crippen molar-refractivity contribution in [2.75, 3.05) is 36.0 Å². The molecular formula is C25H27FN10Si. The molecule has 2 N–H and O–H groups in total. The maximum atomic E-state index is 13.4. The lowest BCUT2D eigenvalue weighted by Crippen LogP contribution is -2.64. The first-order valence-corrected chi connectivity index (χ1v) is 14.7. The summed E-state index contributed by atoms with van der Waals surface area (Å²) >= 11 is 0. The molecule has 0 unspecified atom stereocenters. The molecule has 12 heteroatoms. The molecular weight excluding hydrogens is 487 g/mol. The Morgan fingerprint density at radius 3 is 2.22 bits per heavy atom. The Kier molecular flexibility index (Phi) is 5.69. The van der Waals surface area contributed by atoms with Gasteiger partial charge in [0.1, 0.15) is 17.7 Å². The molecule has 1 aliphatic rings. The third-order valence-corrected chi connectivity index (χ3v) is 9.96. The van der Waals surface area contributed by atoms with Crippen molar-refractivity contribution in [3.05, 3.63) is 73.5 Å². The molecule has 1 fully saturated rings. The van der Waals surface area contributed by atoms with Gasteiger partial charge in [0.05, 0.1) is 6.20 Å². The number of nitrogens with zero attached hydrogens (tertiary/aromatic N) is 9. The van der Waals surface area contributed by atoms with Crippen molar-refractivity contribution < 1.29 is 4.39 Å². The van der Waals surface area contributed by atoms with E-state index < -0.39 is 8.24 Å². The number of aryl methyl sites for hydroxylation is 1. The average Bonchev–Trinajstić information content (AvgIpc) is 3.55. The SMILES string of the molecule is Cn1cc(-c2cc3c(N4CCN(c5ncc([Si@@](C)(N)c6ccc(F)cc6)cn5)CC4)ncnn3c2)cn1. The lowest BCUT2D eigenvalue weighted by Gasteiger charge is -2.35. The molecule has 0 radical (unpaired) electrons. The lowest BCUT2D eigenvalue weighted by molar-refractivity contribution is 0.628. The molecule has 1 saturated heterocycles. The van der Waals surface area contributed by atoms with E-state index in [2.05, 4.69) is 41.0 Å². The number of anilines is 2. The van der Waals surface area contributed by atoms with E-state index >= 15 is 0 Å². The van der Waals surface area contributed by atoms with Crippen LogP contribution in [-0.4, -0.2) is 68.8 Å². The first kappa shape index (κ1) is 23.2. The lowest BCUT2D eigenvalue weighted by atomic mass is 10.2. The number of hydrogen-bond donors (Lipinski definition) is 1. The number of fused-ring (bicyclic) bond motifs is 1. The number of nitrogens with two attached hydrogens (primary N) is 1. The minimum absolute atomic E-state index is 0.270. The first-order chi connectivity index (χ1) is 17.9. The Morgan fingerprint density at radius 1 is 0.838 bits per heavy atom. The van der Waals surface area contributed by atoms with Crippen LogP contribution in [0.1, 0.15) is 0 Å². The number of hydrogen-bond acceptors (Lipinski definition) is 8. The van der Waals surface area contributed by atoms with Crippen molar-refractivity contribution in [2.24, 2.45) is 12.4 Å². The molecule has 6 rings (SSSR count). The van der Waals surface area contributed by atoms with Crippen LogP contribution in [0.15, 0.2) is 67.6 Å². The predicted octanol–water partition coefficient (Wildman–Crippen LogP) is 1.03. The van der Waals surface area contributed by atoms with Gasteiger partial charge in [-0.1, -0.05) is 12.1 Å². The summed E-state index contributed by atoms with van der Waals surface area (Å²) in [6.07, 6.45) is 11.1. The fourth-order valence-electron chi connectivity index (χ4n) is 4.72. The topological polar surface area (TPSA) is 106 Å². The monoisotopic (exact) mass is 514 g/mol. The maximum absolute atomic E-state index is 13.4. The Hall–Kier alpha value is -4.16. The van der Waals surface area contributed by atoms with E-state index in [0.29, 0.717) is 5.95 Å². The van der Waals surface area contributed by atoms with Crippen LogP contribution in [0, 0.1) is 5.82 Å². The van der Waals surface area contributed by atoms with Crippen LogP contribution in [0.5, 0.6) is 0 Å². The van der Waals surface area contributed by atoms with E-state index in [9.17, 15) is 4.39 Å². The fraction of sp³-hybridized carbons (Fsp3) is 0.240. The van der Waals surface area contributed by atoms with Gasteiger partial charge in [0.25, 0.3) is 0 Å². The standard InChI is InChI=1S/C25H27FN10Si/c1-33-15-19(12-31-33)18-11-23-24(30-17-32-36(23)16-18)34-7-9-35(10-8-34)25-28-13-22(14-29-25)37(2,27)21-5-3-20(26)4-6-21/h3-6,11-17H,7-10,27H2,1-2H3/t37-/m0/s1. The van der Waals surface area contributed by atoms with Gasteiger partial charge < -0.3 is 15.2 Å². The minimum Gasteiger partial charge on any atom is -0.351 e. The smallest absolute Gasteiger partial charge is 0.225 e. The van der Waals surface area contributed by atoms with Gasteiger partial charge in [0.2, 0.25) is 5.95 Å². The molecule has 4 aromatic heterocycles. The Bertz CT molecular complexity index is 1540. The van der Waals surface area contributed by atoms with Crippen molar-refractivity contribution in [1.82, 2.24) is 34.3 Å². The second-order valence-corrected chi connectivity index (χ2v) is 13.1. The van der Waals surface area contributed by atoms with Gasteiger partial charge in [-0.05, 0) is 35.1 Å². The Balaban J connectivity index is 1.17. The predicted molar refractivity (Wildman–Crippen MR) is 143 cm³/mol. The molecule has 0 saturated carbocycles. The van der Waals surface area contributed by atoms with Gasteiger partial charge >= 0.3 is 0 Å². The molecule has 0 spiro atoms. The average molecular weight is 515 g/mol. The van der Waals surface area contributed by atoms with E-state index in [1.165, 1.54) is 12.1 Å². The molecule has 188 valence electrons. The van der Waals surface area contributed by atoms with Crippen molar-refractivity contribution in [1.29, 1.82) is 0 Å². The van der Waals surface area contributed by atoms with Crippen LogP contribution in [-0.2, 0) is 7.05 Å². The number of aromatic nitrogens is 7. The number of benzene rings is 1. The van der Waals surface area contributed by atoms with E-state index in [4.69, 9.17) is 5.40 Å². The highest BCUT2D eigenvalue weighted by Crippen LogP contribution is 2.27. The Morgan fingerprint density at radius 2 is 1.54 bits per heavy atom. The highest BCUT2D eigenvalue weighted by atomic mass is 28.3. The largest absolute Gasteiger partial charge is 0.351 e. The summed E-state index contributed by atoms with van der Waals surface area (Å²) in [5.74, 6) is 1.32. The summed E-state index contributed by atoms with van der Waals surface area (Å²) < 4.78 is 17.0. The normalized spacial score (nSPS) is 15.8. The first-order valence-electron chi connectivity index (χ1n) is 12.1. The Labute approximate surface area is 214 Å². The molecule has 1 atom stereocenters. The molecule has 1 aromatic carbocycles. The zero-order valence-electron chi connectivity index (χ0n) is 20.7. The second-order valence-electron chi connectivity index (χ2n) is 9.50. The van der Waals surface area contributed by atoms with Crippen molar-refractivity contribution in [2.45, 2.75) is 6.55 Å². The van der Waals surface area contributed by atoms with Crippen LogP contribution in [0.2, 0.25) is 6.55 Å². The summed E-state index contributed by atoms with van der Waals surface area (Å²) in [4.78, 5) is 18.3. The summed E-state index contributed by atoms with van der Waals surface area (Å²) in [7, 11) is -0.587. The molecule has 0 aliphatic carbocycles. The van der Waals surface area contributed by atoms with Crippen LogP contribution >= 0.6 is 0 Å². The van der Waals surface area contributed by atoms with E-state index in [1.807, 2.05) is 49.1 Å². The molecule has 1 aliphatic heterocycles. The van der Waals surface area contributed by atoms with E-state index in [-0.39, 0.29) is 5.82 Å². The number of rotatable bonds is 5. The molecule has 0 bridgehead atoms. The third kappa shape index (κ3) is 4.34. The summed E-state index contributed by atoms with van der Waals surface area (Å²) in [5.41, 5.74) is 3.06. The summed E-state index contributed by atoms with van der Waals surface area (Å²) in [6, 6.07) is 8.50. The molecule has 5 aromatic rings. The van der Waals surface area contributed by atoms with Gasteiger partial charge in [0, 0.05) is 69.1 Å². The number of piperazine rings is 1. The van der Waals surface area contributed by atoms with Crippen molar-refractivity contribution >= 4 is 35.9 Å². The van der Waals surface area contributed by atoms with Crippen LogP contribution in [0.4, 0.5) is 16.2 Å². The van der Waals surface area contributed by atoms with Gasteiger partial charge in [-0.25, -0.2) is 23.9 Å². The number of halogens is 1. The van der Waals surface area contributed by atoms with Gasteiger partial charge in [-0.2, -0.15) is 10.2 Å².